The van der Waals surface area contributed by atoms with Crippen LogP contribution in [0.2, 0.25) is 0 Å². The summed E-state index contributed by atoms with van der Waals surface area (Å²) in [7, 11) is 4.14. The molecule has 1 aromatic rings. The third-order valence-electron chi connectivity index (χ3n) is 3.48. The molecule has 0 spiro atoms. The number of rotatable bonds is 9. The van der Waals surface area contributed by atoms with Crippen molar-refractivity contribution in [3.63, 3.8) is 0 Å². The average molecular weight is 292 g/mol. The Hall–Kier alpha value is -1.62. The second kappa shape index (κ2) is 9.34. The smallest absolute Gasteiger partial charge is 0.228 e. The van der Waals surface area contributed by atoms with Gasteiger partial charge in [0.15, 0.2) is 0 Å². The molecule has 21 heavy (non-hydrogen) atoms. The van der Waals surface area contributed by atoms with E-state index in [1.807, 2.05) is 26.0 Å². The number of carbonyl (C=O) groups excluding carboxylic acids is 1. The summed E-state index contributed by atoms with van der Waals surface area (Å²) in [6.07, 6.45) is 4.56. The number of pyridine rings is 1. The maximum atomic E-state index is 12.0. The van der Waals surface area contributed by atoms with Crippen LogP contribution in [0.4, 0.5) is 11.5 Å². The van der Waals surface area contributed by atoms with Gasteiger partial charge in [0, 0.05) is 12.5 Å². The molecular formula is C16H28N4O. The summed E-state index contributed by atoms with van der Waals surface area (Å²) in [5, 5.41) is 6.19. The van der Waals surface area contributed by atoms with E-state index in [1.165, 1.54) is 0 Å². The summed E-state index contributed by atoms with van der Waals surface area (Å²) in [6.45, 7) is 6.03. The van der Waals surface area contributed by atoms with E-state index in [-0.39, 0.29) is 11.8 Å². The lowest BCUT2D eigenvalue weighted by atomic mass is 10.0. The monoisotopic (exact) mass is 292 g/mol. The van der Waals surface area contributed by atoms with Gasteiger partial charge < -0.3 is 15.5 Å². The molecule has 5 nitrogen and oxygen atoms in total. The molecule has 1 rings (SSSR count). The van der Waals surface area contributed by atoms with Crippen LogP contribution < -0.4 is 10.6 Å². The summed E-state index contributed by atoms with van der Waals surface area (Å²) in [6, 6.07) is 3.79. The molecule has 0 unspecified atom stereocenters. The minimum atomic E-state index is 0.0548. The highest BCUT2D eigenvalue weighted by molar-refractivity contribution is 5.91. The van der Waals surface area contributed by atoms with E-state index < -0.39 is 0 Å². The molecule has 118 valence electrons. The topological polar surface area (TPSA) is 57.3 Å². The minimum absolute atomic E-state index is 0.0548. The van der Waals surface area contributed by atoms with Crippen molar-refractivity contribution >= 4 is 17.4 Å². The predicted molar refractivity (Wildman–Crippen MR) is 88.6 cm³/mol. The number of hydrogen-bond donors (Lipinski definition) is 2. The van der Waals surface area contributed by atoms with Crippen LogP contribution in [-0.2, 0) is 4.79 Å². The van der Waals surface area contributed by atoms with Crippen LogP contribution in [0.1, 0.15) is 33.1 Å². The van der Waals surface area contributed by atoms with Crippen molar-refractivity contribution in [2.75, 3.05) is 37.8 Å². The fraction of sp³-hybridized carbons (Fsp3) is 0.625. The van der Waals surface area contributed by atoms with Crippen LogP contribution in [0, 0.1) is 5.92 Å². The lowest BCUT2D eigenvalue weighted by Gasteiger charge is -2.13. The van der Waals surface area contributed by atoms with Crippen LogP contribution in [0.25, 0.3) is 0 Å². The van der Waals surface area contributed by atoms with Gasteiger partial charge in [-0.05, 0) is 52.0 Å². The predicted octanol–water partition coefficient (Wildman–Crippen LogP) is 2.82. The van der Waals surface area contributed by atoms with E-state index in [4.69, 9.17) is 0 Å². The first-order valence-electron chi connectivity index (χ1n) is 7.72. The van der Waals surface area contributed by atoms with Crippen LogP contribution in [0.3, 0.4) is 0 Å². The molecule has 0 radical (unpaired) electrons. The highest BCUT2D eigenvalue weighted by atomic mass is 16.1. The molecule has 2 N–H and O–H groups in total. The Morgan fingerprint density at radius 1 is 1.29 bits per heavy atom. The van der Waals surface area contributed by atoms with E-state index in [0.717, 1.165) is 38.0 Å². The summed E-state index contributed by atoms with van der Waals surface area (Å²) in [5.74, 6) is 0.737. The second-order valence-corrected chi connectivity index (χ2v) is 5.52. The van der Waals surface area contributed by atoms with Gasteiger partial charge in [0.2, 0.25) is 5.91 Å². The number of nitrogens with zero attached hydrogens (tertiary/aromatic N) is 2. The SMILES string of the molecule is CCC(CC)C(=O)Nc1ccc(NCCCN(C)C)cn1. The normalized spacial score (nSPS) is 11.0. The van der Waals surface area contributed by atoms with Crippen LogP contribution in [-0.4, -0.2) is 43.0 Å². The lowest BCUT2D eigenvalue weighted by Crippen LogP contribution is -2.22. The van der Waals surface area contributed by atoms with Gasteiger partial charge in [-0.15, -0.1) is 0 Å². The first kappa shape index (κ1) is 17.4. The maximum absolute atomic E-state index is 12.0. The number of hydrogen-bond acceptors (Lipinski definition) is 4. The van der Waals surface area contributed by atoms with Gasteiger partial charge in [-0.25, -0.2) is 4.98 Å². The molecule has 0 aliphatic heterocycles. The third kappa shape index (κ3) is 6.58. The lowest BCUT2D eigenvalue weighted by molar-refractivity contribution is -0.120. The molecular weight excluding hydrogens is 264 g/mol. The average Bonchev–Trinajstić information content (AvgIpc) is 2.46. The largest absolute Gasteiger partial charge is 0.384 e. The van der Waals surface area contributed by atoms with E-state index in [9.17, 15) is 4.79 Å². The zero-order valence-electron chi connectivity index (χ0n) is 13.6. The van der Waals surface area contributed by atoms with Gasteiger partial charge in [-0.2, -0.15) is 0 Å². The van der Waals surface area contributed by atoms with Gasteiger partial charge in [-0.3, -0.25) is 4.79 Å². The summed E-state index contributed by atoms with van der Waals surface area (Å²) >= 11 is 0. The van der Waals surface area contributed by atoms with Gasteiger partial charge in [-0.1, -0.05) is 13.8 Å². The van der Waals surface area contributed by atoms with Crippen LogP contribution >= 0.6 is 0 Å². The number of anilines is 2. The Balaban J connectivity index is 2.41. The van der Waals surface area contributed by atoms with Gasteiger partial charge >= 0.3 is 0 Å². The standard InChI is InChI=1S/C16H28N4O/c1-5-13(6-2)16(21)19-15-9-8-14(12-18-15)17-10-7-11-20(3)4/h8-9,12-13,17H,5-7,10-11H2,1-4H3,(H,18,19,21). The van der Waals surface area contributed by atoms with E-state index >= 15 is 0 Å². The quantitative estimate of drug-likeness (QED) is 0.687. The van der Waals surface area contributed by atoms with Crippen molar-refractivity contribution < 1.29 is 4.79 Å². The molecule has 0 atom stereocenters. The summed E-state index contributed by atoms with van der Waals surface area (Å²) in [5.41, 5.74) is 0.981. The molecule has 1 aromatic heterocycles. The first-order chi connectivity index (χ1) is 10.1. The molecule has 5 heteroatoms. The zero-order valence-corrected chi connectivity index (χ0v) is 13.6. The third-order valence-corrected chi connectivity index (χ3v) is 3.48. The van der Waals surface area contributed by atoms with Crippen molar-refractivity contribution in [3.8, 4) is 0 Å². The fourth-order valence-electron chi connectivity index (χ4n) is 2.09. The number of aromatic nitrogens is 1. The highest BCUT2D eigenvalue weighted by Crippen LogP contribution is 2.13. The van der Waals surface area contributed by atoms with Crippen LogP contribution in [0.15, 0.2) is 18.3 Å². The molecule has 1 heterocycles. The number of nitrogens with one attached hydrogen (secondary N) is 2. The summed E-state index contributed by atoms with van der Waals surface area (Å²) in [4.78, 5) is 18.4. The van der Waals surface area contributed by atoms with E-state index in [0.29, 0.717) is 5.82 Å². The van der Waals surface area contributed by atoms with Crippen molar-refractivity contribution in [1.82, 2.24) is 9.88 Å². The van der Waals surface area contributed by atoms with E-state index in [1.54, 1.807) is 6.20 Å². The number of carbonyl (C=O) groups is 1. The van der Waals surface area contributed by atoms with E-state index in [2.05, 4.69) is 34.6 Å². The van der Waals surface area contributed by atoms with Gasteiger partial charge in [0.1, 0.15) is 5.82 Å². The molecule has 0 aliphatic rings. The number of amides is 1. The highest BCUT2D eigenvalue weighted by Gasteiger charge is 2.14. The van der Waals surface area contributed by atoms with Crippen molar-refractivity contribution in [1.29, 1.82) is 0 Å². The Labute approximate surface area is 128 Å². The molecule has 0 saturated heterocycles. The fourth-order valence-corrected chi connectivity index (χ4v) is 2.09. The molecule has 0 aromatic carbocycles. The molecule has 0 aliphatic carbocycles. The molecule has 0 bridgehead atoms. The zero-order chi connectivity index (χ0) is 15.7. The Morgan fingerprint density at radius 2 is 2.00 bits per heavy atom. The van der Waals surface area contributed by atoms with Crippen LogP contribution in [0.5, 0.6) is 0 Å². The second-order valence-electron chi connectivity index (χ2n) is 5.52. The van der Waals surface area contributed by atoms with Crippen molar-refractivity contribution in [3.05, 3.63) is 18.3 Å². The summed E-state index contributed by atoms with van der Waals surface area (Å²) < 4.78 is 0. The molecule has 1 amide bonds. The van der Waals surface area contributed by atoms with Gasteiger partial charge in [0.25, 0.3) is 0 Å². The molecule has 0 fully saturated rings. The Morgan fingerprint density at radius 3 is 2.52 bits per heavy atom. The van der Waals surface area contributed by atoms with Crippen molar-refractivity contribution in [2.45, 2.75) is 33.1 Å². The minimum Gasteiger partial charge on any atom is -0.384 e. The Kier molecular flexibility index (Phi) is 7.75. The Bertz CT molecular complexity index is 413. The van der Waals surface area contributed by atoms with Gasteiger partial charge in [0.05, 0.1) is 11.9 Å². The van der Waals surface area contributed by atoms with Crippen molar-refractivity contribution in [2.24, 2.45) is 5.92 Å². The molecule has 0 saturated carbocycles. The first-order valence-corrected chi connectivity index (χ1v) is 7.72. The maximum Gasteiger partial charge on any atom is 0.228 e.